The number of aromatic hydroxyl groups is 2. The molecule has 4 aliphatic rings. The van der Waals surface area contributed by atoms with Crippen molar-refractivity contribution in [2.75, 3.05) is 80.4 Å². The Morgan fingerprint density at radius 2 is 1.63 bits per heavy atom. The Balaban J connectivity index is 1.03. The number of fused-ring (bicyclic) bond motifs is 4. The molecule has 0 saturated carbocycles. The second kappa shape index (κ2) is 23.6. The van der Waals surface area contributed by atoms with Crippen LogP contribution in [0.15, 0.2) is 30.3 Å². The molecule has 2 amide bonds. The number of hydrogen-bond acceptors (Lipinski definition) is 21. The van der Waals surface area contributed by atoms with E-state index in [0.717, 1.165) is 12.5 Å². The van der Waals surface area contributed by atoms with Crippen LogP contribution in [0.2, 0.25) is 0 Å². The number of phenols is 2. The fourth-order valence-corrected chi connectivity index (χ4v) is 9.43. The summed E-state index contributed by atoms with van der Waals surface area (Å²) in [5.41, 5.74) is -4.90. The van der Waals surface area contributed by atoms with Gasteiger partial charge in [-0.25, -0.2) is 4.79 Å². The molecule has 0 bridgehead atoms. The van der Waals surface area contributed by atoms with Crippen molar-refractivity contribution in [2.45, 2.75) is 88.8 Å². The predicted octanol–water partition coefficient (Wildman–Crippen LogP) is 3.11. The second-order valence-corrected chi connectivity index (χ2v) is 17.6. The average molecular weight is 1030 g/mol. The number of nitrogens with one attached hydrogen (secondary N) is 1. The van der Waals surface area contributed by atoms with Gasteiger partial charge >= 0.3 is 6.09 Å². The molecular weight excluding hydrogens is 967 g/mol. The first-order valence-corrected chi connectivity index (χ1v) is 23.6. The van der Waals surface area contributed by atoms with Crippen LogP contribution in [0.4, 0.5) is 10.5 Å². The van der Waals surface area contributed by atoms with Crippen LogP contribution in [-0.2, 0) is 49.2 Å². The van der Waals surface area contributed by atoms with Gasteiger partial charge in [-0.3, -0.25) is 34.2 Å². The molecule has 2 heterocycles. The highest BCUT2D eigenvalue weighted by Crippen LogP contribution is 2.53. The Hall–Kier alpha value is -6.51. The van der Waals surface area contributed by atoms with Gasteiger partial charge in [-0.15, -0.1) is 0 Å². The third-order valence-electron chi connectivity index (χ3n) is 13.0. The molecule has 2 saturated heterocycles. The molecule has 73 heavy (non-hydrogen) atoms. The van der Waals surface area contributed by atoms with Gasteiger partial charge in [0.1, 0.15) is 48.4 Å². The highest BCUT2D eigenvalue weighted by molar-refractivity contribution is 6.31. The van der Waals surface area contributed by atoms with E-state index in [1.54, 1.807) is 6.92 Å². The zero-order valence-electron chi connectivity index (χ0n) is 40.9. The molecule has 2 fully saturated rings. The SMILES string of the molecule is CCCOCCOCCOCCNC(=O)COc1cc([N+](=O)[O-])c(C(C)OC(=O)N2COC3C(C)OC(OC4CC(O)(C(=O)CO)Cc5c(O)c6c(c(O)c54)C(=O)c4c(OC)cccc4C6=O)CC32)cc1OC. The lowest BCUT2D eigenvalue weighted by atomic mass is 9.72. The minimum atomic E-state index is -2.40. The van der Waals surface area contributed by atoms with Crippen LogP contribution < -0.4 is 19.5 Å². The summed E-state index contributed by atoms with van der Waals surface area (Å²) in [5.74, 6) is -4.94. The van der Waals surface area contributed by atoms with Crippen molar-refractivity contribution < 1.29 is 96.7 Å². The van der Waals surface area contributed by atoms with Gasteiger partial charge in [0.05, 0.1) is 98.7 Å². The number of aliphatic hydroxyl groups excluding tert-OH is 1. The van der Waals surface area contributed by atoms with Crippen molar-refractivity contribution in [3.8, 4) is 28.7 Å². The summed E-state index contributed by atoms with van der Waals surface area (Å²) in [5, 5.41) is 60.3. The molecule has 24 nitrogen and oxygen atoms in total. The van der Waals surface area contributed by atoms with Gasteiger partial charge < -0.3 is 73.1 Å². The molecule has 5 N–H and O–H groups in total. The molecule has 0 aromatic heterocycles. The summed E-state index contributed by atoms with van der Waals surface area (Å²) in [6, 6.07) is 5.73. The molecule has 7 atom stereocenters. The number of benzene rings is 3. The van der Waals surface area contributed by atoms with Crippen molar-refractivity contribution in [2.24, 2.45) is 0 Å². The monoisotopic (exact) mass is 1030 g/mol. The molecule has 3 aromatic carbocycles. The Morgan fingerprint density at radius 1 is 0.945 bits per heavy atom. The smallest absolute Gasteiger partial charge is 0.412 e. The Morgan fingerprint density at radius 3 is 2.30 bits per heavy atom. The van der Waals surface area contributed by atoms with Gasteiger partial charge in [-0.05, 0) is 32.4 Å². The molecule has 0 spiro atoms. The maximum atomic E-state index is 14.1. The van der Waals surface area contributed by atoms with E-state index >= 15 is 0 Å². The first-order valence-electron chi connectivity index (χ1n) is 23.6. The molecule has 396 valence electrons. The van der Waals surface area contributed by atoms with Gasteiger partial charge in [0.2, 0.25) is 5.78 Å². The maximum absolute atomic E-state index is 14.1. The third kappa shape index (κ3) is 11.4. The van der Waals surface area contributed by atoms with Crippen LogP contribution in [0.1, 0.15) is 101 Å². The minimum Gasteiger partial charge on any atom is -0.507 e. The zero-order chi connectivity index (χ0) is 52.7. The number of carbonyl (C=O) groups is 5. The maximum Gasteiger partial charge on any atom is 0.412 e. The van der Waals surface area contributed by atoms with Gasteiger partial charge in [0.15, 0.2) is 36.0 Å². The Labute approximate surface area is 418 Å². The van der Waals surface area contributed by atoms with Crippen molar-refractivity contribution in [1.82, 2.24) is 10.2 Å². The molecule has 7 unspecified atom stereocenters. The number of amides is 2. The van der Waals surface area contributed by atoms with Crippen molar-refractivity contribution in [3.63, 3.8) is 0 Å². The third-order valence-corrected chi connectivity index (χ3v) is 13.0. The number of ketones is 3. The molecule has 3 aromatic rings. The number of nitrogens with zero attached hydrogens (tertiary/aromatic N) is 2. The second-order valence-electron chi connectivity index (χ2n) is 17.6. The summed E-state index contributed by atoms with van der Waals surface area (Å²) >= 11 is 0. The Kier molecular flexibility index (Phi) is 17.5. The van der Waals surface area contributed by atoms with Crippen molar-refractivity contribution in [3.05, 3.63) is 79.4 Å². The topological polar surface area (TPSA) is 317 Å². The number of ether oxygens (including phenoxy) is 10. The lowest BCUT2D eigenvalue weighted by Gasteiger charge is -2.42. The van der Waals surface area contributed by atoms with Crippen LogP contribution in [0.3, 0.4) is 0 Å². The number of phenolic OH excluding ortho intramolecular Hbond substituents is 2. The summed E-state index contributed by atoms with van der Waals surface area (Å²) in [6.45, 7) is 5.72. The number of Topliss-reactive ketones (excluding diaryl/α,β-unsaturated/α-hetero) is 1. The Bertz CT molecular complexity index is 2590. The average Bonchev–Trinajstić information content (AvgIpc) is 3.81. The van der Waals surface area contributed by atoms with Crippen LogP contribution in [0.5, 0.6) is 28.7 Å². The largest absolute Gasteiger partial charge is 0.507 e. The summed E-state index contributed by atoms with van der Waals surface area (Å²) in [6.07, 6.45) is -7.14. The zero-order valence-corrected chi connectivity index (χ0v) is 40.9. The lowest BCUT2D eigenvalue weighted by molar-refractivity contribution is -0.386. The highest BCUT2D eigenvalue weighted by Gasteiger charge is 2.52. The summed E-state index contributed by atoms with van der Waals surface area (Å²) in [4.78, 5) is 80.6. The van der Waals surface area contributed by atoms with E-state index in [0.29, 0.717) is 33.0 Å². The molecule has 2 aliphatic heterocycles. The van der Waals surface area contributed by atoms with E-state index in [4.69, 9.17) is 47.4 Å². The van der Waals surface area contributed by atoms with Crippen LogP contribution in [0, 0.1) is 10.1 Å². The molecule has 2 aliphatic carbocycles. The van der Waals surface area contributed by atoms with E-state index in [1.807, 2.05) is 6.92 Å². The molecule has 7 rings (SSSR count). The standard InChI is InChI=1S/C49H59N3O21/c1-6-11-66-13-15-68-16-14-67-12-10-50-37(55)23-69-34-18-30(52(62)63)28(17-33(34)65-5)25(2)72-48(60)51-24-70-47-26(3)71-38(19-31(47)51)73-35-21-49(61,36(54)22-53)20-29-40(35)46(59)42-41(44(29)57)43(56)27-8-7-9-32(64-4)39(27)45(42)58/h7-9,17-18,25-26,31,35,38,47,53,57,59,61H,6,10-16,19-24H2,1-5H3,(H,50,55). The predicted molar refractivity (Wildman–Crippen MR) is 249 cm³/mol. The number of nitro benzene ring substituents is 1. The number of rotatable bonds is 23. The van der Waals surface area contributed by atoms with Gasteiger partial charge in [0, 0.05) is 49.1 Å². The lowest BCUT2D eigenvalue weighted by Crippen LogP contribution is -2.52. The van der Waals surface area contributed by atoms with Gasteiger partial charge in [-0.2, -0.15) is 0 Å². The van der Waals surface area contributed by atoms with Gasteiger partial charge in [-0.1, -0.05) is 19.1 Å². The number of hydrogen-bond donors (Lipinski definition) is 5. The van der Waals surface area contributed by atoms with Crippen molar-refractivity contribution in [1.29, 1.82) is 0 Å². The fraction of sp³-hybridized carbons (Fsp3) is 0.531. The van der Waals surface area contributed by atoms with Crippen LogP contribution >= 0.6 is 0 Å². The van der Waals surface area contributed by atoms with Crippen molar-refractivity contribution >= 4 is 35.0 Å². The quantitative estimate of drug-likeness (QED) is 0.0308. The van der Waals surface area contributed by atoms with E-state index in [1.165, 1.54) is 50.3 Å². The van der Waals surface area contributed by atoms with Crippen LogP contribution in [-0.4, -0.2) is 170 Å². The minimum absolute atomic E-state index is 0.000196. The summed E-state index contributed by atoms with van der Waals surface area (Å²) in [7, 11) is 2.57. The number of nitro groups is 1. The highest BCUT2D eigenvalue weighted by atomic mass is 16.7. The fourth-order valence-electron chi connectivity index (χ4n) is 9.43. The van der Waals surface area contributed by atoms with Crippen LogP contribution in [0.25, 0.3) is 0 Å². The normalized spacial score (nSPS) is 22.3. The van der Waals surface area contributed by atoms with E-state index in [-0.39, 0.29) is 71.4 Å². The number of methoxy groups -OCH3 is 2. The van der Waals surface area contributed by atoms with E-state index < -0.39 is 131 Å². The number of carbonyl (C=O) groups excluding carboxylic acids is 5. The first kappa shape index (κ1) is 54.3. The molecule has 0 radical (unpaired) electrons. The molecule has 24 heteroatoms. The number of aliphatic hydroxyl groups is 2. The summed E-state index contributed by atoms with van der Waals surface area (Å²) < 4.78 is 56.9. The molecular formula is C49H59N3O21. The first-order chi connectivity index (χ1) is 35.0. The van der Waals surface area contributed by atoms with E-state index in [2.05, 4.69) is 5.32 Å². The van der Waals surface area contributed by atoms with Gasteiger partial charge in [0.25, 0.3) is 11.6 Å². The van der Waals surface area contributed by atoms with E-state index in [9.17, 15) is 54.5 Å².